The lowest BCUT2D eigenvalue weighted by Gasteiger charge is -1.98. The van der Waals surface area contributed by atoms with E-state index in [1.165, 1.54) is 31.2 Å². The first-order valence-electron chi connectivity index (χ1n) is 5.17. The molecule has 0 aromatic heterocycles. The molecule has 0 saturated carbocycles. The Balaban J connectivity index is 0.000000385. The molecule has 0 fully saturated rings. The monoisotopic (exact) mass is 246 g/mol. The van der Waals surface area contributed by atoms with Gasteiger partial charge in [0, 0.05) is 0 Å². The maximum absolute atomic E-state index is 8.74. The number of rotatable bonds is 4. The fourth-order valence-electron chi connectivity index (χ4n) is 1.22. The van der Waals surface area contributed by atoms with E-state index in [0.29, 0.717) is 0 Å². The molecule has 0 bridgehead atoms. The van der Waals surface area contributed by atoms with Gasteiger partial charge in [-0.05, 0) is 18.4 Å². The largest absolute Gasteiger partial charge is 0.394 e. The van der Waals surface area contributed by atoms with Crippen molar-refractivity contribution in [3.63, 3.8) is 0 Å². The number of unbranched alkanes of at least 4 members (excludes halogenated alkanes) is 2. The Morgan fingerprint density at radius 2 is 1.56 bits per heavy atom. The normalized spacial score (nSPS) is 10.4. The molecule has 5 heteroatoms. The molecule has 16 heavy (non-hydrogen) atoms. The van der Waals surface area contributed by atoms with Crippen LogP contribution in [0.5, 0.6) is 0 Å². The third kappa shape index (κ3) is 13.1. The highest BCUT2D eigenvalue weighted by atomic mass is 32.3. The minimum absolute atomic E-state index is 1.24. The average molecular weight is 246 g/mol. The smallest absolute Gasteiger partial charge is 0.264 e. The van der Waals surface area contributed by atoms with E-state index >= 15 is 0 Å². The minimum Gasteiger partial charge on any atom is -0.264 e. The van der Waals surface area contributed by atoms with Crippen LogP contribution in [-0.2, 0) is 16.8 Å². The van der Waals surface area contributed by atoms with Gasteiger partial charge in [0.2, 0.25) is 0 Å². The Kier molecular flexibility index (Phi) is 7.80. The molecular weight excluding hydrogens is 228 g/mol. The molecule has 4 nitrogen and oxygen atoms in total. The highest BCUT2D eigenvalue weighted by molar-refractivity contribution is 7.79. The number of hydrogen-bond donors (Lipinski definition) is 2. The molecule has 0 aliphatic heterocycles. The van der Waals surface area contributed by atoms with Gasteiger partial charge < -0.3 is 0 Å². The second-order valence-electron chi connectivity index (χ2n) is 3.39. The molecule has 2 N–H and O–H groups in total. The zero-order chi connectivity index (χ0) is 12.4. The lowest BCUT2D eigenvalue weighted by molar-refractivity contribution is 0.381. The van der Waals surface area contributed by atoms with E-state index in [1.807, 2.05) is 0 Å². The summed E-state index contributed by atoms with van der Waals surface area (Å²) in [5.41, 5.74) is 1.47. The molecule has 0 saturated heterocycles. The molecule has 0 radical (unpaired) electrons. The quantitative estimate of drug-likeness (QED) is 0.632. The third-order valence-electron chi connectivity index (χ3n) is 1.91. The van der Waals surface area contributed by atoms with E-state index in [-0.39, 0.29) is 0 Å². The van der Waals surface area contributed by atoms with Gasteiger partial charge in [0.15, 0.2) is 0 Å². The highest BCUT2D eigenvalue weighted by Crippen LogP contribution is 2.05. The molecule has 0 atom stereocenters. The number of aryl methyl sites for hydroxylation is 1. The fourth-order valence-corrected chi connectivity index (χ4v) is 1.22. The van der Waals surface area contributed by atoms with Gasteiger partial charge in [0.25, 0.3) is 0 Å². The van der Waals surface area contributed by atoms with Crippen LogP contribution in [-0.4, -0.2) is 17.5 Å². The van der Waals surface area contributed by atoms with Crippen molar-refractivity contribution in [3.8, 4) is 0 Å². The van der Waals surface area contributed by atoms with Crippen LogP contribution >= 0.6 is 0 Å². The molecule has 1 rings (SSSR count). The zero-order valence-corrected chi connectivity index (χ0v) is 10.2. The minimum atomic E-state index is -4.67. The van der Waals surface area contributed by atoms with Crippen molar-refractivity contribution in [3.05, 3.63) is 35.9 Å². The predicted octanol–water partition coefficient (Wildman–Crippen LogP) is 2.77. The van der Waals surface area contributed by atoms with E-state index in [1.54, 1.807) is 0 Å². The molecule has 1 aromatic rings. The molecule has 0 aliphatic carbocycles. The van der Waals surface area contributed by atoms with Crippen molar-refractivity contribution in [1.82, 2.24) is 0 Å². The van der Waals surface area contributed by atoms with Crippen LogP contribution in [0.1, 0.15) is 31.7 Å². The first kappa shape index (κ1) is 15.1. The van der Waals surface area contributed by atoms with Crippen LogP contribution in [0.2, 0.25) is 0 Å². The predicted molar refractivity (Wildman–Crippen MR) is 63.8 cm³/mol. The van der Waals surface area contributed by atoms with Gasteiger partial charge >= 0.3 is 10.4 Å². The van der Waals surface area contributed by atoms with Crippen molar-refractivity contribution < 1.29 is 17.5 Å². The van der Waals surface area contributed by atoms with Crippen LogP contribution in [0.25, 0.3) is 0 Å². The Labute approximate surface area is 96.9 Å². The van der Waals surface area contributed by atoms with Crippen molar-refractivity contribution in [1.29, 1.82) is 0 Å². The van der Waals surface area contributed by atoms with E-state index in [4.69, 9.17) is 17.5 Å². The van der Waals surface area contributed by atoms with Crippen LogP contribution in [0.4, 0.5) is 0 Å². The van der Waals surface area contributed by atoms with Crippen LogP contribution in [0.15, 0.2) is 30.3 Å². The van der Waals surface area contributed by atoms with Crippen molar-refractivity contribution in [2.75, 3.05) is 0 Å². The highest BCUT2D eigenvalue weighted by Gasteiger charge is 1.89. The van der Waals surface area contributed by atoms with Gasteiger partial charge in [-0.15, -0.1) is 0 Å². The molecular formula is C11H18O4S. The summed E-state index contributed by atoms with van der Waals surface area (Å²) in [6.07, 6.45) is 5.25. The summed E-state index contributed by atoms with van der Waals surface area (Å²) in [5, 5.41) is 0. The maximum Gasteiger partial charge on any atom is 0.394 e. The van der Waals surface area contributed by atoms with Crippen molar-refractivity contribution in [2.45, 2.75) is 32.6 Å². The van der Waals surface area contributed by atoms with Gasteiger partial charge in [0.1, 0.15) is 0 Å². The molecule has 0 heterocycles. The molecule has 0 unspecified atom stereocenters. The SMILES string of the molecule is CCCCCc1ccccc1.O=S(=O)(O)O. The van der Waals surface area contributed by atoms with Crippen LogP contribution < -0.4 is 0 Å². The molecule has 92 valence electrons. The standard InChI is InChI=1S/C11H16.H2O4S/c1-2-3-5-8-11-9-6-4-7-10-11;1-5(2,3)4/h4,6-7,9-10H,2-3,5,8H2,1H3;(H2,1,2,3,4). The molecule has 0 spiro atoms. The van der Waals surface area contributed by atoms with Gasteiger partial charge in [-0.1, -0.05) is 50.1 Å². The zero-order valence-electron chi connectivity index (χ0n) is 9.33. The summed E-state index contributed by atoms with van der Waals surface area (Å²) in [7, 11) is -4.67. The van der Waals surface area contributed by atoms with Gasteiger partial charge in [-0.3, -0.25) is 9.11 Å². The Bertz CT molecular complexity index is 351. The van der Waals surface area contributed by atoms with E-state index < -0.39 is 10.4 Å². The van der Waals surface area contributed by atoms with Gasteiger partial charge in [-0.25, -0.2) is 0 Å². The first-order chi connectivity index (χ1) is 7.43. The lowest BCUT2D eigenvalue weighted by atomic mass is 10.1. The summed E-state index contributed by atoms with van der Waals surface area (Å²) < 4.78 is 31.6. The fraction of sp³-hybridized carbons (Fsp3) is 0.455. The topological polar surface area (TPSA) is 74.6 Å². The van der Waals surface area contributed by atoms with E-state index in [0.717, 1.165) is 0 Å². The number of benzene rings is 1. The molecule has 1 aromatic carbocycles. The van der Waals surface area contributed by atoms with Crippen LogP contribution in [0, 0.1) is 0 Å². The molecule has 0 aliphatic rings. The Morgan fingerprint density at radius 3 is 2.00 bits per heavy atom. The van der Waals surface area contributed by atoms with Gasteiger partial charge in [0.05, 0.1) is 0 Å². The van der Waals surface area contributed by atoms with Crippen molar-refractivity contribution >= 4 is 10.4 Å². The Morgan fingerprint density at radius 1 is 1.06 bits per heavy atom. The van der Waals surface area contributed by atoms with E-state index in [9.17, 15) is 0 Å². The maximum atomic E-state index is 8.74. The second kappa shape index (κ2) is 8.27. The van der Waals surface area contributed by atoms with E-state index in [2.05, 4.69) is 37.3 Å². The third-order valence-corrected chi connectivity index (χ3v) is 1.91. The summed E-state index contributed by atoms with van der Waals surface area (Å²) in [5.74, 6) is 0. The van der Waals surface area contributed by atoms with Gasteiger partial charge in [-0.2, -0.15) is 8.42 Å². The van der Waals surface area contributed by atoms with Crippen molar-refractivity contribution in [2.24, 2.45) is 0 Å². The summed E-state index contributed by atoms with van der Waals surface area (Å²) in [6.45, 7) is 2.24. The number of hydrogen-bond acceptors (Lipinski definition) is 2. The average Bonchev–Trinajstić information content (AvgIpc) is 2.17. The summed E-state index contributed by atoms with van der Waals surface area (Å²) in [4.78, 5) is 0. The summed E-state index contributed by atoms with van der Waals surface area (Å²) in [6, 6.07) is 10.7. The lowest BCUT2D eigenvalue weighted by Crippen LogP contribution is -1.89. The van der Waals surface area contributed by atoms with Crippen LogP contribution in [0.3, 0.4) is 0 Å². The second-order valence-corrected chi connectivity index (χ2v) is 4.29. The Hall–Kier alpha value is -0.910. The molecule has 0 amide bonds. The summed E-state index contributed by atoms with van der Waals surface area (Å²) >= 11 is 0. The first-order valence-corrected chi connectivity index (χ1v) is 6.57.